The number of rotatable bonds is 5. The molecule has 6 heteroatoms. The summed E-state index contributed by atoms with van der Waals surface area (Å²) in [6, 6.07) is 5.79. The standard InChI is InChI=1S/C16H22FN3O2/c1-3-19(4-2)16(22)18-10-12-9-15(21)20(11-12)14-7-5-13(17)6-8-14/h5-8,12H,3-4,9-11H2,1-2H3,(H,18,22)/t12-/m0/s1. The monoisotopic (exact) mass is 307 g/mol. The molecule has 1 atom stereocenters. The number of nitrogens with one attached hydrogen (secondary N) is 1. The lowest BCUT2D eigenvalue weighted by molar-refractivity contribution is -0.117. The second-order valence-corrected chi connectivity index (χ2v) is 5.41. The number of benzene rings is 1. The molecule has 1 fully saturated rings. The smallest absolute Gasteiger partial charge is 0.317 e. The minimum Gasteiger partial charge on any atom is -0.338 e. The van der Waals surface area contributed by atoms with Crippen LogP contribution in [0.1, 0.15) is 20.3 Å². The number of hydrogen-bond acceptors (Lipinski definition) is 2. The van der Waals surface area contributed by atoms with Crippen LogP contribution >= 0.6 is 0 Å². The number of carbonyl (C=O) groups excluding carboxylic acids is 2. The normalized spacial score (nSPS) is 17.7. The van der Waals surface area contributed by atoms with Gasteiger partial charge in [0.2, 0.25) is 5.91 Å². The van der Waals surface area contributed by atoms with Crippen molar-refractivity contribution in [2.45, 2.75) is 20.3 Å². The number of hydrogen-bond donors (Lipinski definition) is 1. The molecule has 0 spiro atoms. The van der Waals surface area contributed by atoms with Gasteiger partial charge in [0.05, 0.1) is 0 Å². The minimum atomic E-state index is -0.321. The Bertz CT molecular complexity index is 529. The Morgan fingerprint density at radius 3 is 2.55 bits per heavy atom. The highest BCUT2D eigenvalue weighted by Crippen LogP contribution is 2.24. The fourth-order valence-corrected chi connectivity index (χ4v) is 2.64. The van der Waals surface area contributed by atoms with Gasteiger partial charge in [-0.3, -0.25) is 4.79 Å². The van der Waals surface area contributed by atoms with Crippen molar-refractivity contribution in [2.75, 3.05) is 31.1 Å². The molecule has 1 N–H and O–H groups in total. The molecule has 0 saturated carbocycles. The summed E-state index contributed by atoms with van der Waals surface area (Å²) >= 11 is 0. The number of carbonyl (C=O) groups is 2. The van der Waals surface area contributed by atoms with Crippen molar-refractivity contribution in [1.29, 1.82) is 0 Å². The molecule has 0 aliphatic carbocycles. The van der Waals surface area contributed by atoms with Crippen LogP contribution in [0, 0.1) is 11.7 Å². The van der Waals surface area contributed by atoms with Gasteiger partial charge in [-0.15, -0.1) is 0 Å². The summed E-state index contributed by atoms with van der Waals surface area (Å²) in [7, 11) is 0. The average Bonchev–Trinajstić information content (AvgIpc) is 2.88. The molecule has 1 aromatic carbocycles. The number of anilines is 1. The first kappa shape index (κ1) is 16.3. The molecule has 22 heavy (non-hydrogen) atoms. The van der Waals surface area contributed by atoms with E-state index in [4.69, 9.17) is 0 Å². The summed E-state index contributed by atoms with van der Waals surface area (Å²) in [5.41, 5.74) is 0.698. The third kappa shape index (κ3) is 3.75. The molecular weight excluding hydrogens is 285 g/mol. The Balaban J connectivity index is 1.90. The highest BCUT2D eigenvalue weighted by atomic mass is 19.1. The molecule has 0 bridgehead atoms. The first-order valence-electron chi connectivity index (χ1n) is 7.63. The van der Waals surface area contributed by atoms with Gasteiger partial charge in [-0.25, -0.2) is 9.18 Å². The molecule has 1 aromatic rings. The van der Waals surface area contributed by atoms with Crippen molar-refractivity contribution >= 4 is 17.6 Å². The van der Waals surface area contributed by atoms with Crippen LogP contribution in [0.15, 0.2) is 24.3 Å². The third-order valence-corrected chi connectivity index (χ3v) is 3.94. The number of nitrogens with zero attached hydrogens (tertiary/aromatic N) is 2. The zero-order valence-corrected chi connectivity index (χ0v) is 13.0. The molecule has 120 valence electrons. The van der Waals surface area contributed by atoms with Gasteiger partial charge >= 0.3 is 6.03 Å². The van der Waals surface area contributed by atoms with Crippen LogP contribution in [0.3, 0.4) is 0 Å². The molecule has 0 aromatic heterocycles. The van der Waals surface area contributed by atoms with Gasteiger partial charge in [0.15, 0.2) is 0 Å². The second kappa shape index (κ2) is 7.24. The van der Waals surface area contributed by atoms with Gasteiger partial charge in [0.25, 0.3) is 0 Å². The molecule has 1 aliphatic rings. The predicted molar refractivity (Wildman–Crippen MR) is 83.2 cm³/mol. The highest BCUT2D eigenvalue weighted by Gasteiger charge is 2.30. The lowest BCUT2D eigenvalue weighted by Gasteiger charge is -2.21. The summed E-state index contributed by atoms with van der Waals surface area (Å²) in [6.07, 6.45) is 0.399. The topological polar surface area (TPSA) is 52.7 Å². The lowest BCUT2D eigenvalue weighted by Crippen LogP contribution is -2.42. The fraction of sp³-hybridized carbons (Fsp3) is 0.500. The quantitative estimate of drug-likeness (QED) is 0.907. The number of amides is 3. The van der Waals surface area contributed by atoms with Crippen LogP contribution in [-0.4, -0.2) is 43.0 Å². The first-order chi connectivity index (χ1) is 10.5. The van der Waals surface area contributed by atoms with E-state index in [-0.39, 0.29) is 23.7 Å². The van der Waals surface area contributed by atoms with Gasteiger partial charge in [-0.05, 0) is 38.1 Å². The molecule has 0 radical (unpaired) electrons. The number of urea groups is 1. The van der Waals surface area contributed by atoms with Crippen molar-refractivity contribution in [2.24, 2.45) is 5.92 Å². The Morgan fingerprint density at radius 1 is 1.32 bits per heavy atom. The van der Waals surface area contributed by atoms with Crippen LogP contribution < -0.4 is 10.2 Å². The molecule has 5 nitrogen and oxygen atoms in total. The summed E-state index contributed by atoms with van der Waals surface area (Å²) < 4.78 is 12.9. The maximum absolute atomic E-state index is 12.9. The van der Waals surface area contributed by atoms with E-state index >= 15 is 0 Å². The van der Waals surface area contributed by atoms with Crippen molar-refractivity contribution in [1.82, 2.24) is 10.2 Å². The number of halogens is 1. The van der Waals surface area contributed by atoms with Gasteiger partial charge in [-0.1, -0.05) is 0 Å². The van der Waals surface area contributed by atoms with Crippen molar-refractivity contribution in [3.8, 4) is 0 Å². The zero-order chi connectivity index (χ0) is 16.1. The van der Waals surface area contributed by atoms with Crippen molar-refractivity contribution in [3.63, 3.8) is 0 Å². The highest BCUT2D eigenvalue weighted by molar-refractivity contribution is 5.95. The van der Waals surface area contributed by atoms with Crippen LogP contribution in [0.4, 0.5) is 14.9 Å². The van der Waals surface area contributed by atoms with Crippen LogP contribution in [0.5, 0.6) is 0 Å². The largest absolute Gasteiger partial charge is 0.338 e. The van der Waals surface area contributed by atoms with E-state index in [1.165, 1.54) is 12.1 Å². The Labute approximate surface area is 130 Å². The molecule has 1 saturated heterocycles. The molecule has 2 rings (SSSR count). The summed E-state index contributed by atoms with van der Waals surface area (Å²) in [5, 5.41) is 2.88. The molecule has 1 heterocycles. The molecule has 0 unspecified atom stereocenters. The lowest BCUT2D eigenvalue weighted by atomic mass is 10.1. The average molecular weight is 307 g/mol. The Kier molecular flexibility index (Phi) is 5.35. The van der Waals surface area contributed by atoms with Gasteiger partial charge in [0, 0.05) is 44.2 Å². The predicted octanol–water partition coefficient (Wildman–Crippen LogP) is 2.23. The Hall–Kier alpha value is -2.11. The third-order valence-electron chi connectivity index (χ3n) is 3.94. The van der Waals surface area contributed by atoms with E-state index in [9.17, 15) is 14.0 Å². The minimum absolute atomic E-state index is 0.00805. The van der Waals surface area contributed by atoms with E-state index in [1.54, 1.807) is 21.9 Å². The van der Waals surface area contributed by atoms with Gasteiger partial charge in [0.1, 0.15) is 5.82 Å². The second-order valence-electron chi connectivity index (χ2n) is 5.41. The van der Waals surface area contributed by atoms with E-state index in [2.05, 4.69) is 5.32 Å². The van der Waals surface area contributed by atoms with Gasteiger partial charge in [-0.2, -0.15) is 0 Å². The van der Waals surface area contributed by atoms with Crippen molar-refractivity contribution < 1.29 is 14.0 Å². The Morgan fingerprint density at radius 2 is 1.95 bits per heavy atom. The zero-order valence-electron chi connectivity index (χ0n) is 13.0. The van der Waals surface area contributed by atoms with Crippen LogP contribution in [-0.2, 0) is 4.79 Å². The summed E-state index contributed by atoms with van der Waals surface area (Å²) in [5.74, 6) is -0.232. The van der Waals surface area contributed by atoms with E-state index < -0.39 is 0 Å². The maximum atomic E-state index is 12.9. The van der Waals surface area contributed by atoms with Crippen LogP contribution in [0.25, 0.3) is 0 Å². The van der Waals surface area contributed by atoms with Crippen LogP contribution in [0.2, 0.25) is 0 Å². The maximum Gasteiger partial charge on any atom is 0.317 e. The fourth-order valence-electron chi connectivity index (χ4n) is 2.64. The van der Waals surface area contributed by atoms with Crippen molar-refractivity contribution in [3.05, 3.63) is 30.1 Å². The molecule has 1 aliphatic heterocycles. The molecular formula is C16H22FN3O2. The van der Waals surface area contributed by atoms with E-state index in [0.717, 1.165) is 0 Å². The van der Waals surface area contributed by atoms with E-state index in [0.29, 0.717) is 38.3 Å². The summed E-state index contributed by atoms with van der Waals surface area (Å²) in [6.45, 7) is 6.19. The molecule has 3 amide bonds. The summed E-state index contributed by atoms with van der Waals surface area (Å²) in [4.78, 5) is 27.3. The first-order valence-corrected chi connectivity index (χ1v) is 7.63. The SMILES string of the molecule is CCN(CC)C(=O)NC[C@@H]1CC(=O)N(c2ccc(F)cc2)C1. The van der Waals surface area contributed by atoms with E-state index in [1.807, 2.05) is 13.8 Å². The van der Waals surface area contributed by atoms with Gasteiger partial charge < -0.3 is 15.1 Å².